The molecule has 0 spiro atoms. The third-order valence-corrected chi connectivity index (χ3v) is 7.98. The molecule has 2 bridgehead atoms. The molecule has 8 heteroatoms. The number of aromatic nitrogens is 2. The van der Waals surface area contributed by atoms with E-state index in [4.69, 9.17) is 4.74 Å². The van der Waals surface area contributed by atoms with Crippen LogP contribution in [0, 0.1) is 23.0 Å². The normalized spacial score (nSPS) is 27.5. The average Bonchev–Trinajstić information content (AvgIpc) is 3.41. The number of likely N-dealkylation sites (tertiary alicyclic amines) is 1. The first-order valence-electron chi connectivity index (χ1n) is 10.9. The van der Waals surface area contributed by atoms with E-state index in [0.717, 1.165) is 12.0 Å². The van der Waals surface area contributed by atoms with Crippen LogP contribution in [0.15, 0.2) is 24.3 Å². The van der Waals surface area contributed by atoms with Crippen molar-refractivity contribution in [2.45, 2.75) is 44.4 Å². The minimum Gasteiger partial charge on any atom is -0.469 e. The first-order chi connectivity index (χ1) is 15.2. The summed E-state index contributed by atoms with van der Waals surface area (Å²) >= 11 is 0. The summed E-state index contributed by atoms with van der Waals surface area (Å²) in [5.41, 5.74) is 0.0759. The molecule has 6 nitrogen and oxygen atoms in total. The number of rotatable bonds is 3. The fourth-order valence-corrected chi connectivity index (χ4v) is 6.23. The standard InChI is InChI=1S/C24H25F2N3O3/c1-23(2)15-7-9-24(23,22(31)29-10-8-13(12-29)21(30)32-3)20-14(15)11-18(27-28-20)19-16(25)5-4-6-17(19)26/h4-6,11,13,15H,7-10,12H2,1-3H3/t13?,15-,24+/m1/s1. The smallest absolute Gasteiger partial charge is 0.310 e. The predicted octanol–water partition coefficient (Wildman–Crippen LogP) is 3.60. The second-order valence-electron chi connectivity index (χ2n) is 9.61. The fraction of sp³-hybridized carbons (Fsp3) is 0.500. The number of carbonyl (C=O) groups is 2. The zero-order valence-electron chi connectivity index (χ0n) is 18.3. The Kier molecular flexibility index (Phi) is 4.62. The number of ether oxygens (including phenoxy) is 1. The number of benzene rings is 1. The number of fused-ring (bicyclic) bond motifs is 5. The van der Waals surface area contributed by atoms with Crippen molar-refractivity contribution in [1.82, 2.24) is 15.1 Å². The lowest BCUT2D eigenvalue weighted by molar-refractivity contribution is -0.145. The Morgan fingerprint density at radius 1 is 1.16 bits per heavy atom. The monoisotopic (exact) mass is 441 g/mol. The van der Waals surface area contributed by atoms with Crippen LogP contribution in [-0.4, -0.2) is 47.2 Å². The van der Waals surface area contributed by atoms with E-state index in [1.165, 1.54) is 25.3 Å². The molecule has 1 aliphatic heterocycles. The van der Waals surface area contributed by atoms with Crippen molar-refractivity contribution >= 4 is 11.9 Å². The van der Waals surface area contributed by atoms with Crippen LogP contribution >= 0.6 is 0 Å². The van der Waals surface area contributed by atoms with E-state index in [9.17, 15) is 18.4 Å². The van der Waals surface area contributed by atoms with Crippen LogP contribution in [0.2, 0.25) is 0 Å². The SMILES string of the molecule is COC(=O)C1CCN(C(=O)[C@]23CC[C@H](c4cc(-c5c(F)cccc5F)nnc42)C3(C)C)C1. The van der Waals surface area contributed by atoms with Gasteiger partial charge in [-0.25, -0.2) is 8.78 Å². The van der Waals surface area contributed by atoms with Gasteiger partial charge in [0.2, 0.25) is 5.91 Å². The highest BCUT2D eigenvalue weighted by atomic mass is 19.1. The molecule has 32 heavy (non-hydrogen) atoms. The molecular formula is C24H25F2N3O3. The average molecular weight is 441 g/mol. The third-order valence-electron chi connectivity index (χ3n) is 7.98. The van der Waals surface area contributed by atoms with Gasteiger partial charge in [-0.2, -0.15) is 5.10 Å². The number of carbonyl (C=O) groups excluding carboxylic acids is 2. The lowest BCUT2D eigenvalue weighted by atomic mass is 9.67. The molecule has 1 saturated carbocycles. The van der Waals surface area contributed by atoms with Gasteiger partial charge in [0, 0.05) is 13.1 Å². The van der Waals surface area contributed by atoms with E-state index in [2.05, 4.69) is 24.0 Å². The van der Waals surface area contributed by atoms with Crippen LogP contribution in [0.5, 0.6) is 0 Å². The van der Waals surface area contributed by atoms with Gasteiger partial charge in [-0.15, -0.1) is 5.10 Å². The molecule has 2 fully saturated rings. The van der Waals surface area contributed by atoms with Gasteiger partial charge in [-0.1, -0.05) is 19.9 Å². The highest BCUT2D eigenvalue weighted by Crippen LogP contribution is 2.68. The van der Waals surface area contributed by atoms with E-state index in [1.54, 1.807) is 11.0 Å². The van der Waals surface area contributed by atoms with E-state index in [1.807, 2.05) is 0 Å². The largest absolute Gasteiger partial charge is 0.469 e. The number of halogens is 2. The summed E-state index contributed by atoms with van der Waals surface area (Å²) in [6.45, 7) is 4.93. The van der Waals surface area contributed by atoms with Gasteiger partial charge in [0.25, 0.3) is 0 Å². The molecule has 1 aromatic carbocycles. The second kappa shape index (κ2) is 7.05. The van der Waals surface area contributed by atoms with Gasteiger partial charge >= 0.3 is 5.97 Å². The number of hydrogen-bond acceptors (Lipinski definition) is 5. The maximum atomic E-state index is 14.4. The van der Waals surface area contributed by atoms with Gasteiger partial charge in [0.1, 0.15) is 11.6 Å². The number of methoxy groups -OCH3 is 1. The van der Waals surface area contributed by atoms with Crippen molar-refractivity contribution < 1.29 is 23.1 Å². The van der Waals surface area contributed by atoms with Crippen molar-refractivity contribution in [3.8, 4) is 11.3 Å². The van der Waals surface area contributed by atoms with Gasteiger partial charge < -0.3 is 9.64 Å². The quantitative estimate of drug-likeness (QED) is 0.681. The van der Waals surface area contributed by atoms with Crippen LogP contribution in [-0.2, 0) is 19.7 Å². The summed E-state index contributed by atoms with van der Waals surface area (Å²) in [5, 5.41) is 8.57. The van der Waals surface area contributed by atoms with Crippen molar-refractivity contribution in [3.63, 3.8) is 0 Å². The van der Waals surface area contributed by atoms with Crippen molar-refractivity contribution in [2.24, 2.45) is 11.3 Å². The molecule has 2 heterocycles. The Hall–Kier alpha value is -2.90. The highest BCUT2D eigenvalue weighted by molar-refractivity contribution is 5.92. The molecule has 2 aromatic rings. The first-order valence-corrected chi connectivity index (χ1v) is 10.9. The molecule has 2 aliphatic carbocycles. The highest BCUT2D eigenvalue weighted by Gasteiger charge is 2.68. The van der Waals surface area contributed by atoms with Crippen LogP contribution in [0.1, 0.15) is 50.3 Å². The number of nitrogens with zero attached hydrogens (tertiary/aromatic N) is 3. The topological polar surface area (TPSA) is 72.4 Å². The molecule has 168 valence electrons. The molecule has 1 saturated heterocycles. The van der Waals surface area contributed by atoms with Crippen LogP contribution in [0.3, 0.4) is 0 Å². The molecule has 3 aliphatic rings. The first kappa shape index (κ1) is 21.0. The molecular weight excluding hydrogens is 416 g/mol. The summed E-state index contributed by atoms with van der Waals surface area (Å²) in [7, 11) is 1.36. The van der Waals surface area contributed by atoms with Crippen molar-refractivity contribution in [1.29, 1.82) is 0 Å². The zero-order valence-corrected chi connectivity index (χ0v) is 18.3. The predicted molar refractivity (Wildman–Crippen MR) is 112 cm³/mol. The Labute approximate surface area is 185 Å². The molecule has 3 atom stereocenters. The van der Waals surface area contributed by atoms with Gasteiger partial charge in [-0.05, 0) is 54.4 Å². The summed E-state index contributed by atoms with van der Waals surface area (Å²) in [5.74, 6) is -2.03. The zero-order chi connectivity index (χ0) is 22.8. The molecule has 1 amide bonds. The maximum Gasteiger partial charge on any atom is 0.310 e. The molecule has 1 unspecified atom stereocenters. The lowest BCUT2D eigenvalue weighted by Gasteiger charge is -2.39. The van der Waals surface area contributed by atoms with E-state index >= 15 is 0 Å². The summed E-state index contributed by atoms with van der Waals surface area (Å²) in [4.78, 5) is 27.6. The van der Waals surface area contributed by atoms with Gasteiger partial charge in [-0.3, -0.25) is 9.59 Å². The van der Waals surface area contributed by atoms with E-state index in [-0.39, 0.29) is 35.0 Å². The van der Waals surface area contributed by atoms with E-state index in [0.29, 0.717) is 31.6 Å². The molecule has 0 N–H and O–H groups in total. The minimum atomic E-state index is -0.864. The Morgan fingerprint density at radius 3 is 2.56 bits per heavy atom. The number of hydrogen-bond donors (Lipinski definition) is 0. The van der Waals surface area contributed by atoms with Crippen molar-refractivity contribution in [3.05, 3.63) is 47.2 Å². The summed E-state index contributed by atoms with van der Waals surface area (Å²) in [6, 6.07) is 5.40. The second-order valence-corrected chi connectivity index (χ2v) is 9.61. The Morgan fingerprint density at radius 2 is 1.88 bits per heavy atom. The van der Waals surface area contributed by atoms with Crippen LogP contribution in [0.4, 0.5) is 8.78 Å². The van der Waals surface area contributed by atoms with Crippen LogP contribution < -0.4 is 0 Å². The molecule has 0 radical (unpaired) electrons. The van der Waals surface area contributed by atoms with E-state index < -0.39 is 22.5 Å². The fourth-order valence-electron chi connectivity index (χ4n) is 6.23. The van der Waals surface area contributed by atoms with Crippen molar-refractivity contribution in [2.75, 3.05) is 20.2 Å². The third kappa shape index (κ3) is 2.61. The van der Waals surface area contributed by atoms with Crippen LogP contribution in [0.25, 0.3) is 11.3 Å². The summed E-state index contributed by atoms with van der Waals surface area (Å²) < 4.78 is 33.6. The Bertz CT molecular complexity index is 1120. The van der Waals surface area contributed by atoms with Gasteiger partial charge in [0.05, 0.1) is 35.4 Å². The molecule has 5 rings (SSSR count). The maximum absolute atomic E-state index is 14.4. The number of esters is 1. The molecule has 1 aromatic heterocycles. The Balaban J connectivity index is 1.56. The van der Waals surface area contributed by atoms with Gasteiger partial charge in [0.15, 0.2) is 0 Å². The lowest BCUT2D eigenvalue weighted by Crippen LogP contribution is -2.51. The summed E-state index contributed by atoms with van der Waals surface area (Å²) in [6.07, 6.45) is 1.99. The minimum absolute atomic E-state index is 0.0320. The number of amides is 1.